The maximum Gasteiger partial charge on any atom is 0.255 e. The number of ether oxygens (including phenoxy) is 1. The molecule has 31 heavy (non-hydrogen) atoms. The van der Waals surface area contributed by atoms with Crippen LogP contribution in [0.4, 0.5) is 5.82 Å². The number of carbonyl (C=O) groups excluding carboxylic acids is 1. The molecule has 0 N–H and O–H groups in total. The summed E-state index contributed by atoms with van der Waals surface area (Å²) in [7, 11) is 4.40. The molecule has 170 valence electrons. The molecule has 0 radical (unpaired) electrons. The summed E-state index contributed by atoms with van der Waals surface area (Å²) < 4.78 is 6.41. The molecule has 1 aromatic heterocycles. The van der Waals surface area contributed by atoms with E-state index >= 15 is 0 Å². The van der Waals surface area contributed by atoms with Crippen LogP contribution < -0.4 is 4.90 Å². The highest BCUT2D eigenvalue weighted by molar-refractivity contribution is 5.94. The van der Waals surface area contributed by atoms with Crippen LogP contribution in [0.2, 0.25) is 0 Å². The standard InChI is InChI=1S/C25H38N4O2/c1-27(2)22-12-20-15-29(16-21(20)13-23(22)31-17-18-6-7-18)24-9-8-19(14-26-24)25(30)28-10-4-3-5-11-28/h8-9,14,18,20-23H,3-7,10-13,15-17H2,1-2H3/t20-,21+,22-,23-/m1/s1. The lowest BCUT2D eigenvalue weighted by atomic mass is 9.77. The van der Waals surface area contributed by atoms with Gasteiger partial charge in [0.1, 0.15) is 5.82 Å². The monoisotopic (exact) mass is 426 g/mol. The summed E-state index contributed by atoms with van der Waals surface area (Å²) in [4.78, 5) is 24.2. The highest BCUT2D eigenvalue weighted by atomic mass is 16.5. The summed E-state index contributed by atoms with van der Waals surface area (Å²) in [6.07, 6.45) is 10.7. The Kier molecular flexibility index (Phi) is 6.20. The highest BCUT2D eigenvalue weighted by Gasteiger charge is 2.44. The first kappa shape index (κ1) is 21.2. The molecule has 4 fully saturated rings. The maximum absolute atomic E-state index is 12.7. The molecule has 2 saturated carbocycles. The lowest BCUT2D eigenvalue weighted by Crippen LogP contribution is -2.48. The highest BCUT2D eigenvalue weighted by Crippen LogP contribution is 2.41. The number of amides is 1. The van der Waals surface area contributed by atoms with Crippen molar-refractivity contribution >= 4 is 11.7 Å². The molecule has 6 nitrogen and oxygen atoms in total. The number of carbonyl (C=O) groups is 1. The minimum atomic E-state index is 0.137. The number of hydrogen-bond donors (Lipinski definition) is 0. The van der Waals surface area contributed by atoms with E-state index in [1.165, 1.54) is 25.7 Å². The van der Waals surface area contributed by atoms with E-state index in [2.05, 4.69) is 30.0 Å². The number of pyridine rings is 1. The number of fused-ring (bicyclic) bond motifs is 1. The average Bonchev–Trinajstić information content (AvgIpc) is 3.54. The van der Waals surface area contributed by atoms with Crippen LogP contribution in [-0.4, -0.2) is 79.7 Å². The van der Waals surface area contributed by atoms with E-state index in [0.29, 0.717) is 24.0 Å². The summed E-state index contributed by atoms with van der Waals surface area (Å²) in [6, 6.07) is 4.54. The predicted octanol–water partition coefficient (Wildman–Crippen LogP) is 3.28. The van der Waals surface area contributed by atoms with E-state index in [-0.39, 0.29) is 5.91 Å². The van der Waals surface area contributed by atoms with Crippen LogP contribution in [0.15, 0.2) is 18.3 Å². The number of nitrogens with zero attached hydrogens (tertiary/aromatic N) is 4. The third-order valence-electron chi connectivity index (χ3n) is 7.95. The molecule has 3 heterocycles. The smallest absolute Gasteiger partial charge is 0.255 e. The molecule has 4 atom stereocenters. The van der Waals surface area contributed by atoms with Gasteiger partial charge in [0.25, 0.3) is 5.91 Å². The number of hydrogen-bond acceptors (Lipinski definition) is 5. The van der Waals surface area contributed by atoms with Crippen LogP contribution in [0.25, 0.3) is 0 Å². The Labute approximate surface area is 186 Å². The first-order valence-electron chi connectivity index (χ1n) is 12.4. The molecule has 0 unspecified atom stereocenters. The van der Waals surface area contributed by atoms with Gasteiger partial charge in [-0.25, -0.2) is 4.98 Å². The molecule has 0 spiro atoms. The fourth-order valence-corrected chi connectivity index (χ4v) is 5.82. The van der Waals surface area contributed by atoms with Crippen LogP contribution in [0.1, 0.15) is 55.3 Å². The van der Waals surface area contributed by atoms with Gasteiger partial charge in [-0.1, -0.05) is 0 Å². The van der Waals surface area contributed by atoms with Gasteiger partial charge in [-0.05, 0) is 88.9 Å². The SMILES string of the molecule is CN(C)[C@@H]1C[C@@H]2CN(c3ccc(C(=O)N4CCCCC4)cn3)C[C@@H]2C[C@H]1OCC1CC1. The Morgan fingerprint density at radius 1 is 1.10 bits per heavy atom. The van der Waals surface area contributed by atoms with E-state index in [4.69, 9.17) is 9.72 Å². The zero-order chi connectivity index (χ0) is 21.4. The number of likely N-dealkylation sites (N-methyl/N-ethyl adjacent to an activating group) is 1. The van der Waals surface area contributed by atoms with Crippen LogP contribution in [0.5, 0.6) is 0 Å². The zero-order valence-electron chi connectivity index (χ0n) is 19.2. The van der Waals surface area contributed by atoms with Crippen molar-refractivity contribution in [1.29, 1.82) is 0 Å². The summed E-state index contributed by atoms with van der Waals surface area (Å²) in [5, 5.41) is 0. The minimum Gasteiger partial charge on any atom is -0.376 e. The van der Waals surface area contributed by atoms with Crippen LogP contribution in [-0.2, 0) is 4.74 Å². The van der Waals surface area contributed by atoms with Gasteiger partial charge in [-0.2, -0.15) is 0 Å². The quantitative estimate of drug-likeness (QED) is 0.699. The largest absolute Gasteiger partial charge is 0.376 e. The topological polar surface area (TPSA) is 48.9 Å². The van der Waals surface area contributed by atoms with Gasteiger partial charge in [0.2, 0.25) is 0 Å². The summed E-state index contributed by atoms with van der Waals surface area (Å²) in [5.74, 6) is 3.34. The van der Waals surface area contributed by atoms with Gasteiger partial charge in [0.05, 0.1) is 11.7 Å². The second-order valence-electron chi connectivity index (χ2n) is 10.5. The lowest BCUT2D eigenvalue weighted by Gasteiger charge is -2.41. The van der Waals surface area contributed by atoms with E-state index < -0.39 is 0 Å². The molecule has 6 heteroatoms. The number of anilines is 1. The van der Waals surface area contributed by atoms with Crippen LogP contribution in [0.3, 0.4) is 0 Å². The van der Waals surface area contributed by atoms with Crippen molar-refractivity contribution in [2.75, 3.05) is 51.8 Å². The molecule has 5 rings (SSSR count). The van der Waals surface area contributed by atoms with Crippen molar-refractivity contribution < 1.29 is 9.53 Å². The van der Waals surface area contributed by atoms with Gasteiger partial charge >= 0.3 is 0 Å². The normalized spacial score (nSPS) is 31.2. The molecular weight excluding hydrogens is 388 g/mol. The molecule has 2 saturated heterocycles. The molecular formula is C25H38N4O2. The fourth-order valence-electron chi connectivity index (χ4n) is 5.82. The van der Waals surface area contributed by atoms with E-state index in [9.17, 15) is 4.79 Å². The van der Waals surface area contributed by atoms with Gasteiger partial charge < -0.3 is 19.4 Å². The lowest BCUT2D eigenvalue weighted by molar-refractivity contribution is -0.0493. The number of aromatic nitrogens is 1. The van der Waals surface area contributed by atoms with E-state index in [1.54, 1.807) is 6.20 Å². The Hall–Kier alpha value is -1.66. The van der Waals surface area contributed by atoms with Crippen molar-refractivity contribution in [2.45, 2.75) is 57.1 Å². The molecule has 4 aliphatic rings. The number of likely N-dealkylation sites (tertiary alicyclic amines) is 1. The van der Waals surface area contributed by atoms with Gasteiger partial charge in [-0.3, -0.25) is 4.79 Å². The molecule has 2 aliphatic carbocycles. The first-order chi connectivity index (χ1) is 15.1. The van der Waals surface area contributed by atoms with Gasteiger partial charge in [-0.15, -0.1) is 0 Å². The van der Waals surface area contributed by atoms with Crippen molar-refractivity contribution in [3.05, 3.63) is 23.9 Å². The maximum atomic E-state index is 12.7. The van der Waals surface area contributed by atoms with Crippen molar-refractivity contribution in [1.82, 2.24) is 14.8 Å². The zero-order valence-corrected chi connectivity index (χ0v) is 19.2. The Morgan fingerprint density at radius 2 is 1.84 bits per heavy atom. The minimum absolute atomic E-state index is 0.137. The first-order valence-corrected chi connectivity index (χ1v) is 12.4. The van der Waals surface area contributed by atoms with Crippen molar-refractivity contribution in [3.63, 3.8) is 0 Å². The molecule has 0 bridgehead atoms. The van der Waals surface area contributed by atoms with Crippen LogP contribution in [0, 0.1) is 17.8 Å². The van der Waals surface area contributed by atoms with E-state index in [0.717, 1.165) is 69.3 Å². The predicted molar refractivity (Wildman–Crippen MR) is 122 cm³/mol. The number of piperidine rings is 1. The second-order valence-corrected chi connectivity index (χ2v) is 10.5. The summed E-state index contributed by atoms with van der Waals surface area (Å²) in [5.41, 5.74) is 0.725. The van der Waals surface area contributed by atoms with Crippen molar-refractivity contribution in [2.24, 2.45) is 17.8 Å². The van der Waals surface area contributed by atoms with Gasteiger partial charge in [0, 0.05) is 45.0 Å². The van der Waals surface area contributed by atoms with Crippen molar-refractivity contribution in [3.8, 4) is 0 Å². The van der Waals surface area contributed by atoms with Crippen LogP contribution >= 0.6 is 0 Å². The van der Waals surface area contributed by atoms with Gasteiger partial charge in [0.15, 0.2) is 0 Å². The molecule has 1 aromatic rings. The summed E-state index contributed by atoms with van der Waals surface area (Å²) >= 11 is 0. The Bertz CT molecular complexity index is 757. The second kappa shape index (κ2) is 9.07. The Morgan fingerprint density at radius 3 is 2.48 bits per heavy atom. The third kappa shape index (κ3) is 4.75. The molecule has 0 aromatic carbocycles. The molecule has 1 amide bonds. The fraction of sp³-hybridized carbons (Fsp3) is 0.760. The molecule has 2 aliphatic heterocycles. The Balaban J connectivity index is 1.21. The van der Waals surface area contributed by atoms with E-state index in [1.807, 2.05) is 11.0 Å². The summed E-state index contributed by atoms with van der Waals surface area (Å²) in [6.45, 7) is 4.83. The number of rotatable bonds is 6. The third-order valence-corrected chi connectivity index (χ3v) is 7.95. The average molecular weight is 427 g/mol.